The molecule has 8 N–H and O–H groups in total. The molecule has 3 aliphatic rings. The van der Waals surface area contributed by atoms with Crippen LogP contribution in [0.1, 0.15) is 31.4 Å². The van der Waals surface area contributed by atoms with Gasteiger partial charge in [-0.15, -0.1) is 0 Å². The Balaban J connectivity index is 1.49. The summed E-state index contributed by atoms with van der Waals surface area (Å²) in [7, 11) is 0. The molecule has 1 unspecified atom stereocenters. The van der Waals surface area contributed by atoms with Crippen LogP contribution in [0, 0.1) is 11.8 Å². The van der Waals surface area contributed by atoms with E-state index in [2.05, 4.69) is 26.3 Å². The smallest absolute Gasteiger partial charge is 0.220 e. The molecule has 29 heavy (non-hydrogen) atoms. The second-order valence-electron chi connectivity index (χ2n) is 8.04. The number of carbonyl (C=O) groups is 1. The largest absolute Gasteiger partial charge is 0.397 e. The first-order chi connectivity index (χ1) is 14.0. The molecule has 1 fully saturated rings. The summed E-state index contributed by atoms with van der Waals surface area (Å²) in [4.78, 5) is 21.4. The number of hydrogen-bond acceptors (Lipinski definition) is 6. The number of rotatable bonds is 3. The lowest BCUT2D eigenvalue weighted by Crippen LogP contribution is -2.44. The van der Waals surface area contributed by atoms with Crippen molar-refractivity contribution in [2.24, 2.45) is 28.3 Å². The molecule has 1 aromatic carbocycles. The average molecular weight is 391 g/mol. The molecule has 1 amide bonds. The molecule has 3 heterocycles. The van der Waals surface area contributed by atoms with Crippen LogP contribution in [-0.4, -0.2) is 27.8 Å². The first kappa shape index (κ1) is 17.7. The van der Waals surface area contributed by atoms with Crippen molar-refractivity contribution < 1.29 is 4.79 Å². The third-order valence-electron chi connectivity index (χ3n) is 6.35. The van der Waals surface area contributed by atoms with Crippen LogP contribution in [0.25, 0.3) is 16.6 Å². The third kappa shape index (κ3) is 2.83. The van der Waals surface area contributed by atoms with Gasteiger partial charge in [0.1, 0.15) is 17.7 Å². The Bertz CT molecular complexity index is 1070. The van der Waals surface area contributed by atoms with Gasteiger partial charge in [0.05, 0.1) is 22.6 Å². The van der Waals surface area contributed by atoms with Crippen molar-refractivity contribution in [1.82, 2.24) is 15.2 Å². The van der Waals surface area contributed by atoms with Gasteiger partial charge in [0, 0.05) is 23.7 Å². The molecule has 2 aliphatic heterocycles. The molecule has 8 heteroatoms. The number of nitrogens with two attached hydrogens (primary N) is 3. The average Bonchev–Trinajstić information content (AvgIpc) is 3.31. The van der Waals surface area contributed by atoms with Crippen molar-refractivity contribution in [3.8, 4) is 0 Å². The predicted octanol–water partition coefficient (Wildman–Crippen LogP) is 1.78. The van der Waals surface area contributed by atoms with Crippen LogP contribution in [0.2, 0.25) is 0 Å². The van der Waals surface area contributed by atoms with E-state index in [9.17, 15) is 4.79 Å². The number of amides is 1. The van der Waals surface area contributed by atoms with Crippen molar-refractivity contribution >= 4 is 34.0 Å². The van der Waals surface area contributed by atoms with Gasteiger partial charge in [-0.1, -0.05) is 12.1 Å². The van der Waals surface area contributed by atoms with Crippen LogP contribution in [0.4, 0.5) is 5.69 Å². The van der Waals surface area contributed by atoms with E-state index < -0.39 is 0 Å². The van der Waals surface area contributed by atoms with Crippen LogP contribution < -0.4 is 22.5 Å². The van der Waals surface area contributed by atoms with Crippen molar-refractivity contribution in [3.63, 3.8) is 0 Å². The first-order valence-electron chi connectivity index (χ1n) is 9.99. The minimum absolute atomic E-state index is 0.0141. The molecule has 1 aliphatic carbocycles. The molecule has 8 nitrogen and oxygen atoms in total. The van der Waals surface area contributed by atoms with Gasteiger partial charge < -0.3 is 32.4 Å². The predicted molar refractivity (Wildman–Crippen MR) is 114 cm³/mol. The number of carbonyl (C=O) groups excluding carboxylic acids is 1. The number of primary amides is 1. The number of hydrogen-bond donors (Lipinski definition) is 5. The SMILES string of the molecule is NC1=NC=CN2C1=C(c1cc3cccc(N)c3[nH]1)NC2[C@H]1CC[C@H](C(N)=O)CC1. The highest BCUT2D eigenvalue weighted by molar-refractivity contribution is 6.06. The van der Waals surface area contributed by atoms with Gasteiger partial charge in [0.25, 0.3) is 0 Å². The Hall–Kier alpha value is -3.42. The summed E-state index contributed by atoms with van der Waals surface area (Å²) in [5.74, 6) is 0.657. The third-order valence-corrected chi connectivity index (χ3v) is 6.35. The highest BCUT2D eigenvalue weighted by Gasteiger charge is 2.40. The van der Waals surface area contributed by atoms with Crippen molar-refractivity contribution in [2.75, 3.05) is 5.73 Å². The Morgan fingerprint density at radius 3 is 2.69 bits per heavy atom. The van der Waals surface area contributed by atoms with Crippen LogP contribution in [-0.2, 0) is 4.79 Å². The molecular weight excluding hydrogens is 366 g/mol. The monoisotopic (exact) mass is 391 g/mol. The number of aromatic amines is 1. The molecule has 150 valence electrons. The molecule has 1 atom stereocenters. The van der Waals surface area contributed by atoms with Gasteiger partial charge in [0.2, 0.25) is 5.91 Å². The number of aliphatic imine (C=N–C) groups is 1. The maximum absolute atomic E-state index is 11.5. The molecule has 2 aromatic rings. The van der Waals surface area contributed by atoms with Crippen LogP contribution in [0.3, 0.4) is 0 Å². The van der Waals surface area contributed by atoms with Crippen LogP contribution in [0.5, 0.6) is 0 Å². The standard InChI is InChI=1S/C21H25N7O/c22-14-3-1-2-13-10-15(26-16(13)14)17-18-19(23)25-8-9-28(18)21(27-17)12-6-4-11(5-7-12)20(24)29/h1-3,8-12,21,26-27H,4-7,22H2,(H2,23,25)(H2,24,29)/t11-,12-,21?. The van der Waals surface area contributed by atoms with E-state index in [1.807, 2.05) is 24.4 Å². The molecule has 0 bridgehead atoms. The Morgan fingerprint density at radius 2 is 1.97 bits per heavy atom. The topological polar surface area (TPSA) is 139 Å². The van der Waals surface area contributed by atoms with Crippen LogP contribution >= 0.6 is 0 Å². The summed E-state index contributed by atoms with van der Waals surface area (Å²) in [6, 6.07) is 7.94. The number of nitrogens with one attached hydrogen (secondary N) is 2. The van der Waals surface area contributed by atoms with E-state index in [1.165, 1.54) is 0 Å². The van der Waals surface area contributed by atoms with Gasteiger partial charge >= 0.3 is 0 Å². The minimum atomic E-state index is -0.188. The van der Waals surface area contributed by atoms with E-state index in [4.69, 9.17) is 17.2 Å². The summed E-state index contributed by atoms with van der Waals surface area (Å²) in [6.07, 6.45) is 7.28. The van der Waals surface area contributed by atoms with Gasteiger partial charge in [0.15, 0.2) is 0 Å². The number of anilines is 1. The number of aromatic nitrogens is 1. The summed E-state index contributed by atoms with van der Waals surface area (Å²) in [5.41, 5.74) is 22.3. The fraction of sp³-hybridized carbons (Fsp3) is 0.333. The van der Waals surface area contributed by atoms with Gasteiger partial charge in [-0.2, -0.15) is 0 Å². The van der Waals surface area contributed by atoms with Crippen molar-refractivity contribution in [2.45, 2.75) is 31.8 Å². The number of para-hydroxylation sites is 1. The van der Waals surface area contributed by atoms with E-state index >= 15 is 0 Å². The molecule has 0 radical (unpaired) electrons. The second-order valence-corrected chi connectivity index (χ2v) is 8.04. The number of fused-ring (bicyclic) bond motifs is 2. The highest BCUT2D eigenvalue weighted by Crippen LogP contribution is 2.39. The second kappa shape index (κ2) is 6.58. The van der Waals surface area contributed by atoms with E-state index in [0.29, 0.717) is 17.4 Å². The van der Waals surface area contributed by atoms with Crippen molar-refractivity contribution in [3.05, 3.63) is 48.1 Å². The summed E-state index contributed by atoms with van der Waals surface area (Å²) >= 11 is 0. The minimum Gasteiger partial charge on any atom is -0.397 e. The van der Waals surface area contributed by atoms with E-state index in [-0.39, 0.29) is 18.0 Å². The Labute approximate surface area is 168 Å². The lowest BCUT2D eigenvalue weighted by molar-refractivity contribution is -0.123. The number of nitrogens with zero attached hydrogens (tertiary/aromatic N) is 2. The zero-order chi connectivity index (χ0) is 20.1. The zero-order valence-electron chi connectivity index (χ0n) is 16.1. The molecule has 0 spiro atoms. The Kier molecular flexibility index (Phi) is 4.01. The quantitative estimate of drug-likeness (QED) is 0.508. The normalized spacial score (nSPS) is 26.4. The van der Waals surface area contributed by atoms with Crippen molar-refractivity contribution in [1.29, 1.82) is 0 Å². The number of amidine groups is 1. The lowest BCUT2D eigenvalue weighted by atomic mass is 9.80. The lowest BCUT2D eigenvalue weighted by Gasteiger charge is -2.36. The maximum Gasteiger partial charge on any atom is 0.220 e. The van der Waals surface area contributed by atoms with E-state index in [1.54, 1.807) is 6.20 Å². The summed E-state index contributed by atoms with van der Waals surface area (Å²) < 4.78 is 0. The molecule has 0 saturated heterocycles. The highest BCUT2D eigenvalue weighted by atomic mass is 16.1. The molecule has 5 rings (SSSR count). The fourth-order valence-electron chi connectivity index (χ4n) is 4.81. The summed E-state index contributed by atoms with van der Waals surface area (Å²) in [5, 5.41) is 4.73. The Morgan fingerprint density at radius 1 is 1.17 bits per heavy atom. The molecule has 1 aromatic heterocycles. The molecule has 1 saturated carbocycles. The van der Waals surface area contributed by atoms with Gasteiger partial charge in [-0.3, -0.25) is 4.79 Å². The summed E-state index contributed by atoms with van der Waals surface area (Å²) in [6.45, 7) is 0. The van der Waals surface area contributed by atoms with E-state index in [0.717, 1.165) is 53.7 Å². The van der Waals surface area contributed by atoms with Crippen LogP contribution in [0.15, 0.2) is 47.4 Å². The fourth-order valence-corrected chi connectivity index (χ4v) is 4.81. The molecular formula is C21H25N7O. The van der Waals surface area contributed by atoms with Gasteiger partial charge in [-0.25, -0.2) is 4.99 Å². The number of H-pyrrole nitrogens is 1. The maximum atomic E-state index is 11.5. The van der Waals surface area contributed by atoms with Gasteiger partial charge in [-0.05, 0) is 43.7 Å². The zero-order valence-corrected chi connectivity index (χ0v) is 16.1. The first-order valence-corrected chi connectivity index (χ1v) is 9.99. The number of benzene rings is 1. The number of nitrogen functional groups attached to an aromatic ring is 1.